The van der Waals surface area contributed by atoms with Crippen molar-refractivity contribution in [3.63, 3.8) is 0 Å². The molecule has 4 heterocycles. The predicted molar refractivity (Wildman–Crippen MR) is 105 cm³/mol. The molecule has 1 N–H and O–H groups in total. The molecule has 1 atom stereocenters. The molecule has 1 aliphatic heterocycles. The maximum atomic E-state index is 6.14. The molecule has 3 aromatic rings. The van der Waals surface area contributed by atoms with Crippen LogP contribution in [0.4, 0.5) is 5.95 Å². The molecule has 0 aromatic carbocycles. The van der Waals surface area contributed by atoms with Crippen molar-refractivity contribution in [3.8, 4) is 17.1 Å². The number of hydrogen-bond donors (Lipinski definition) is 1. The quantitative estimate of drug-likeness (QED) is 0.492. The highest BCUT2D eigenvalue weighted by Gasteiger charge is 2.23. The highest BCUT2D eigenvalue weighted by molar-refractivity contribution is 8.01. The van der Waals surface area contributed by atoms with Crippen LogP contribution >= 0.6 is 35.1 Å². The van der Waals surface area contributed by atoms with Gasteiger partial charge in [0.05, 0.1) is 17.1 Å². The lowest BCUT2D eigenvalue weighted by Crippen LogP contribution is -2.12. The maximum absolute atomic E-state index is 6.14. The Balaban J connectivity index is 1.48. The summed E-state index contributed by atoms with van der Waals surface area (Å²) in [6.07, 6.45) is 5.53. The number of pyridine rings is 1. The maximum Gasteiger partial charge on any atom is 0.235 e. The van der Waals surface area contributed by atoms with Gasteiger partial charge in [0, 0.05) is 30.3 Å². The molecule has 4 rings (SSSR count). The lowest BCUT2D eigenvalue weighted by atomic mass is 10.2. The average Bonchev–Trinajstić information content (AvgIpc) is 2.96. The van der Waals surface area contributed by atoms with Crippen molar-refractivity contribution in [2.24, 2.45) is 0 Å². The summed E-state index contributed by atoms with van der Waals surface area (Å²) in [4.78, 5) is 12.5. The number of nitrogens with zero attached hydrogens (tertiary/aromatic N) is 6. The lowest BCUT2D eigenvalue weighted by Gasteiger charge is -2.12. The Labute approximate surface area is 169 Å². The van der Waals surface area contributed by atoms with Gasteiger partial charge in [-0.05, 0) is 18.0 Å². The molecule has 140 valence electrons. The zero-order chi connectivity index (χ0) is 18.8. The van der Waals surface area contributed by atoms with Gasteiger partial charge in [-0.25, -0.2) is 15.0 Å². The van der Waals surface area contributed by atoms with Gasteiger partial charge in [0.25, 0.3) is 0 Å². The standard InChI is InChI=1S/C16H15Cl2N7OS/c1-9(6-12-20-7-10(17)8-21-12)27-24-16-23-22-15-11-2-3-19-14(18)13(11)26-5-4-25(15)16/h2-3,7-9H,4-6H2,1H3,(H,23,24). The number of ether oxygens (including phenoxy) is 1. The van der Waals surface area contributed by atoms with Crippen molar-refractivity contribution in [2.45, 2.75) is 25.1 Å². The third kappa shape index (κ3) is 3.95. The molecule has 1 unspecified atom stereocenters. The van der Waals surface area contributed by atoms with Gasteiger partial charge in [-0.15, -0.1) is 10.2 Å². The molecule has 0 spiro atoms. The monoisotopic (exact) mass is 423 g/mol. The van der Waals surface area contributed by atoms with Crippen molar-refractivity contribution in [2.75, 3.05) is 11.3 Å². The minimum absolute atomic E-state index is 0.215. The molecule has 0 amide bonds. The average molecular weight is 424 g/mol. The first kappa shape index (κ1) is 18.3. The van der Waals surface area contributed by atoms with E-state index in [1.807, 2.05) is 10.6 Å². The van der Waals surface area contributed by atoms with E-state index in [2.05, 4.69) is 36.8 Å². The number of anilines is 1. The summed E-state index contributed by atoms with van der Waals surface area (Å²) in [5.41, 5.74) is 0.778. The van der Waals surface area contributed by atoms with Crippen LogP contribution in [0.3, 0.4) is 0 Å². The van der Waals surface area contributed by atoms with E-state index in [0.717, 1.165) is 11.4 Å². The summed E-state index contributed by atoms with van der Waals surface area (Å²) < 4.78 is 11.0. The minimum Gasteiger partial charge on any atom is -0.488 e. The normalized spacial score (nSPS) is 13.9. The van der Waals surface area contributed by atoms with Crippen molar-refractivity contribution in [3.05, 3.63) is 40.7 Å². The van der Waals surface area contributed by atoms with Gasteiger partial charge in [-0.2, -0.15) is 0 Å². The molecule has 1 aliphatic rings. The Morgan fingerprint density at radius 1 is 1.26 bits per heavy atom. The molecule has 27 heavy (non-hydrogen) atoms. The van der Waals surface area contributed by atoms with E-state index in [-0.39, 0.29) is 5.25 Å². The highest BCUT2D eigenvalue weighted by atomic mass is 35.5. The van der Waals surface area contributed by atoms with Gasteiger partial charge < -0.3 is 4.74 Å². The van der Waals surface area contributed by atoms with Crippen LogP contribution in [0, 0.1) is 0 Å². The molecule has 0 bridgehead atoms. The molecular formula is C16H15Cl2N7OS. The molecule has 0 radical (unpaired) electrons. The van der Waals surface area contributed by atoms with Crippen molar-refractivity contribution < 1.29 is 4.74 Å². The zero-order valence-electron chi connectivity index (χ0n) is 14.3. The van der Waals surface area contributed by atoms with Crippen molar-refractivity contribution in [1.82, 2.24) is 29.7 Å². The summed E-state index contributed by atoms with van der Waals surface area (Å²) in [6.45, 7) is 3.14. The van der Waals surface area contributed by atoms with E-state index in [0.29, 0.717) is 47.3 Å². The first-order valence-corrected chi connectivity index (χ1v) is 9.84. The fourth-order valence-electron chi connectivity index (χ4n) is 2.66. The van der Waals surface area contributed by atoms with E-state index in [1.165, 1.54) is 11.9 Å². The predicted octanol–water partition coefficient (Wildman–Crippen LogP) is 3.52. The summed E-state index contributed by atoms with van der Waals surface area (Å²) in [5.74, 6) is 2.63. The van der Waals surface area contributed by atoms with Gasteiger partial charge in [0.1, 0.15) is 12.4 Å². The Morgan fingerprint density at radius 3 is 2.89 bits per heavy atom. The van der Waals surface area contributed by atoms with Crippen LogP contribution in [-0.2, 0) is 13.0 Å². The highest BCUT2D eigenvalue weighted by Crippen LogP contribution is 2.36. The Morgan fingerprint density at radius 2 is 2.07 bits per heavy atom. The van der Waals surface area contributed by atoms with Crippen LogP contribution in [-0.4, -0.2) is 41.6 Å². The van der Waals surface area contributed by atoms with Crippen LogP contribution < -0.4 is 9.46 Å². The van der Waals surface area contributed by atoms with Crippen LogP contribution in [0.2, 0.25) is 10.2 Å². The van der Waals surface area contributed by atoms with Gasteiger partial charge in [-0.1, -0.05) is 30.1 Å². The van der Waals surface area contributed by atoms with E-state index in [1.54, 1.807) is 18.6 Å². The summed E-state index contributed by atoms with van der Waals surface area (Å²) in [5, 5.41) is 9.64. The first-order valence-electron chi connectivity index (χ1n) is 8.21. The number of fused-ring (bicyclic) bond motifs is 3. The van der Waals surface area contributed by atoms with Crippen LogP contribution in [0.5, 0.6) is 5.75 Å². The van der Waals surface area contributed by atoms with Gasteiger partial charge >= 0.3 is 0 Å². The van der Waals surface area contributed by atoms with Gasteiger partial charge in [0.2, 0.25) is 5.95 Å². The van der Waals surface area contributed by atoms with Crippen LogP contribution in [0.1, 0.15) is 12.7 Å². The van der Waals surface area contributed by atoms with Crippen LogP contribution in [0.25, 0.3) is 11.4 Å². The molecule has 0 fully saturated rings. The minimum atomic E-state index is 0.215. The summed E-state index contributed by atoms with van der Waals surface area (Å²) in [6, 6.07) is 1.82. The largest absolute Gasteiger partial charge is 0.488 e. The topological polar surface area (TPSA) is 90.6 Å². The van der Waals surface area contributed by atoms with Gasteiger partial charge in [0.15, 0.2) is 16.7 Å². The smallest absolute Gasteiger partial charge is 0.235 e. The van der Waals surface area contributed by atoms with E-state index >= 15 is 0 Å². The molecule has 0 saturated heterocycles. The lowest BCUT2D eigenvalue weighted by molar-refractivity contribution is 0.306. The Hall–Kier alpha value is -2.10. The SMILES string of the molecule is CC(Cc1ncc(Cl)cn1)SNc1nnc2n1CCOc1c-2ccnc1Cl. The Bertz CT molecular complexity index is 950. The van der Waals surface area contributed by atoms with Gasteiger partial charge in [-0.3, -0.25) is 9.29 Å². The molecule has 0 saturated carbocycles. The summed E-state index contributed by atoms with van der Waals surface area (Å²) >= 11 is 13.5. The fourth-order valence-corrected chi connectivity index (χ4v) is 3.66. The second kappa shape index (κ2) is 7.87. The van der Waals surface area contributed by atoms with E-state index < -0.39 is 0 Å². The second-order valence-corrected chi connectivity index (χ2v) is 7.92. The molecule has 11 heteroatoms. The number of halogens is 2. The molecule has 8 nitrogen and oxygen atoms in total. The number of rotatable bonds is 5. The number of hydrogen-bond acceptors (Lipinski definition) is 8. The van der Waals surface area contributed by atoms with Crippen LogP contribution in [0.15, 0.2) is 24.7 Å². The molecular weight excluding hydrogens is 409 g/mol. The number of nitrogens with one attached hydrogen (secondary N) is 1. The van der Waals surface area contributed by atoms with E-state index in [4.69, 9.17) is 27.9 Å². The summed E-state index contributed by atoms with van der Waals surface area (Å²) in [7, 11) is 0. The number of aromatic nitrogens is 6. The zero-order valence-corrected chi connectivity index (χ0v) is 16.6. The third-order valence-corrected chi connectivity index (χ3v) is 5.24. The molecule has 3 aromatic heterocycles. The van der Waals surface area contributed by atoms with Crippen molar-refractivity contribution >= 4 is 41.1 Å². The Kier molecular flexibility index (Phi) is 5.33. The second-order valence-electron chi connectivity index (χ2n) is 5.88. The third-order valence-electron chi connectivity index (χ3n) is 3.91. The van der Waals surface area contributed by atoms with Crippen molar-refractivity contribution in [1.29, 1.82) is 0 Å². The fraction of sp³-hybridized carbons (Fsp3) is 0.312. The van der Waals surface area contributed by atoms with E-state index in [9.17, 15) is 0 Å². The molecule has 0 aliphatic carbocycles. The first-order chi connectivity index (χ1) is 13.1.